The number of nitrogen functional groups attached to an aromatic ring is 1. The van der Waals surface area contributed by atoms with Crippen LogP contribution in [0.3, 0.4) is 0 Å². The molecule has 3 aromatic rings. The molecule has 0 fully saturated rings. The Morgan fingerprint density at radius 2 is 1.73 bits per heavy atom. The summed E-state index contributed by atoms with van der Waals surface area (Å²) in [6, 6.07) is 14.6. The van der Waals surface area contributed by atoms with Crippen molar-refractivity contribution < 1.29 is 19.1 Å². The van der Waals surface area contributed by atoms with Gasteiger partial charge in [0.2, 0.25) is 5.91 Å². The second-order valence-electron chi connectivity index (χ2n) is 6.59. The fourth-order valence-electron chi connectivity index (χ4n) is 2.67. The van der Waals surface area contributed by atoms with Gasteiger partial charge in [-0.05, 0) is 43.3 Å². The largest absolute Gasteiger partial charge is 0.462 e. The first-order chi connectivity index (χ1) is 15.9. The molecule has 33 heavy (non-hydrogen) atoms. The Hall–Kier alpha value is -4.12. The van der Waals surface area contributed by atoms with Crippen molar-refractivity contribution in [2.75, 3.05) is 28.7 Å². The number of aromatic nitrogens is 2. The highest BCUT2D eigenvalue weighted by Crippen LogP contribution is 2.18. The van der Waals surface area contributed by atoms with E-state index in [9.17, 15) is 19.2 Å². The number of ether oxygens (including phenoxy) is 1. The topological polar surface area (TPSA) is 156 Å². The van der Waals surface area contributed by atoms with Crippen LogP contribution in [0.25, 0.3) is 0 Å². The number of hydrogen-bond donors (Lipinski definition) is 4. The summed E-state index contributed by atoms with van der Waals surface area (Å²) in [5, 5.41) is 5.25. The molecule has 2 aromatic carbocycles. The number of hydrogen-bond acceptors (Lipinski definition) is 8. The summed E-state index contributed by atoms with van der Waals surface area (Å²) in [6.07, 6.45) is 0. The first-order valence-electron chi connectivity index (χ1n) is 9.83. The number of nitrogens with two attached hydrogens (primary N) is 1. The highest BCUT2D eigenvalue weighted by molar-refractivity contribution is 7.99. The summed E-state index contributed by atoms with van der Waals surface area (Å²) in [4.78, 5) is 55.0. The van der Waals surface area contributed by atoms with E-state index in [4.69, 9.17) is 10.5 Å². The van der Waals surface area contributed by atoms with E-state index in [1.165, 1.54) is 0 Å². The molecule has 3 rings (SSSR count). The average molecular weight is 468 g/mol. The monoisotopic (exact) mass is 467 g/mol. The van der Waals surface area contributed by atoms with Crippen LogP contribution in [0.5, 0.6) is 0 Å². The summed E-state index contributed by atoms with van der Waals surface area (Å²) >= 11 is 0.969. The molecule has 0 radical (unpaired) electrons. The summed E-state index contributed by atoms with van der Waals surface area (Å²) in [6.45, 7) is 1.99. The third-order valence-electron chi connectivity index (χ3n) is 4.22. The molecule has 0 atom stereocenters. The highest BCUT2D eigenvalue weighted by Gasteiger charge is 2.15. The summed E-state index contributed by atoms with van der Waals surface area (Å²) < 4.78 is 4.91. The Kier molecular flexibility index (Phi) is 7.82. The summed E-state index contributed by atoms with van der Waals surface area (Å²) in [7, 11) is 0. The third-order valence-corrected chi connectivity index (χ3v) is 5.09. The smallest absolute Gasteiger partial charge is 0.338 e. The van der Waals surface area contributed by atoms with Crippen LogP contribution in [-0.4, -0.2) is 40.1 Å². The van der Waals surface area contributed by atoms with Crippen molar-refractivity contribution in [3.8, 4) is 0 Å². The number of benzene rings is 2. The van der Waals surface area contributed by atoms with Gasteiger partial charge in [0.05, 0.1) is 17.9 Å². The molecule has 5 N–H and O–H groups in total. The van der Waals surface area contributed by atoms with E-state index in [2.05, 4.69) is 20.6 Å². The minimum absolute atomic E-state index is 0.0578. The van der Waals surface area contributed by atoms with Crippen LogP contribution < -0.4 is 21.9 Å². The zero-order valence-corrected chi connectivity index (χ0v) is 18.4. The number of nitrogens with one attached hydrogen (secondary N) is 3. The lowest BCUT2D eigenvalue weighted by Gasteiger charge is -2.09. The van der Waals surface area contributed by atoms with E-state index in [0.717, 1.165) is 11.8 Å². The third kappa shape index (κ3) is 6.43. The Morgan fingerprint density at radius 3 is 2.36 bits per heavy atom. The van der Waals surface area contributed by atoms with E-state index in [0.29, 0.717) is 16.8 Å². The number of esters is 1. The molecule has 10 nitrogen and oxygen atoms in total. The van der Waals surface area contributed by atoms with E-state index in [-0.39, 0.29) is 34.9 Å². The Labute approximate surface area is 192 Å². The number of carbonyl (C=O) groups excluding carboxylic acids is 3. The van der Waals surface area contributed by atoms with Gasteiger partial charge in [-0.1, -0.05) is 30.0 Å². The molecule has 0 aliphatic rings. The van der Waals surface area contributed by atoms with Gasteiger partial charge in [-0.3, -0.25) is 19.4 Å². The lowest BCUT2D eigenvalue weighted by atomic mass is 10.2. The molecule has 2 amide bonds. The standard InChI is InChI=1S/C22H21N5O5S/c1-2-32-21(31)14-8-10-15(11-9-14)24-16(28)12-33-22-26-18(23)17(20(30)27-22)25-19(29)13-6-4-3-5-7-13/h3-11H,2,12H2,1H3,(H,24,28)(H,25,29)(H3,23,26,27,30). The van der Waals surface area contributed by atoms with Gasteiger partial charge in [0, 0.05) is 11.3 Å². The van der Waals surface area contributed by atoms with Crippen molar-refractivity contribution in [2.45, 2.75) is 12.1 Å². The van der Waals surface area contributed by atoms with Gasteiger partial charge in [-0.2, -0.15) is 0 Å². The SMILES string of the molecule is CCOC(=O)c1ccc(NC(=O)CSc2nc(N)c(NC(=O)c3ccccc3)c(=O)[nH]2)cc1. The predicted molar refractivity (Wildman–Crippen MR) is 125 cm³/mol. The molecule has 1 heterocycles. The molecule has 1 aromatic heterocycles. The fraction of sp³-hybridized carbons (Fsp3) is 0.136. The molecule has 0 bridgehead atoms. The number of rotatable bonds is 8. The van der Waals surface area contributed by atoms with E-state index < -0.39 is 17.4 Å². The van der Waals surface area contributed by atoms with Crippen LogP contribution in [0.4, 0.5) is 17.2 Å². The van der Waals surface area contributed by atoms with Gasteiger partial charge in [0.1, 0.15) is 5.69 Å². The van der Waals surface area contributed by atoms with E-state index in [1.54, 1.807) is 61.5 Å². The van der Waals surface area contributed by atoms with Crippen LogP contribution >= 0.6 is 11.8 Å². The molecule has 0 aliphatic carbocycles. The van der Waals surface area contributed by atoms with Crippen LogP contribution in [0.1, 0.15) is 27.6 Å². The second-order valence-corrected chi connectivity index (χ2v) is 7.55. The number of anilines is 3. The first-order valence-corrected chi connectivity index (χ1v) is 10.8. The number of H-pyrrole nitrogens is 1. The van der Waals surface area contributed by atoms with Gasteiger partial charge < -0.3 is 21.1 Å². The van der Waals surface area contributed by atoms with Crippen molar-refractivity contribution in [1.29, 1.82) is 0 Å². The van der Waals surface area contributed by atoms with Gasteiger partial charge >= 0.3 is 5.97 Å². The molecule has 0 saturated carbocycles. The lowest BCUT2D eigenvalue weighted by molar-refractivity contribution is -0.113. The zero-order chi connectivity index (χ0) is 23.8. The second kappa shape index (κ2) is 11.0. The minimum Gasteiger partial charge on any atom is -0.462 e. The van der Waals surface area contributed by atoms with E-state index >= 15 is 0 Å². The first kappa shape index (κ1) is 23.5. The number of aromatic amines is 1. The summed E-state index contributed by atoms with van der Waals surface area (Å²) in [5.74, 6) is -1.52. The van der Waals surface area contributed by atoms with Gasteiger partial charge in [-0.25, -0.2) is 9.78 Å². The quantitative estimate of drug-likeness (QED) is 0.224. The van der Waals surface area contributed by atoms with Crippen LogP contribution in [0, 0.1) is 0 Å². The van der Waals surface area contributed by atoms with Crippen molar-refractivity contribution in [2.24, 2.45) is 0 Å². The molecule has 0 unspecified atom stereocenters. The lowest BCUT2D eigenvalue weighted by Crippen LogP contribution is -2.23. The van der Waals surface area contributed by atoms with Crippen LogP contribution in [0.15, 0.2) is 64.5 Å². The van der Waals surface area contributed by atoms with Crippen LogP contribution in [-0.2, 0) is 9.53 Å². The average Bonchev–Trinajstić information content (AvgIpc) is 2.81. The predicted octanol–water partition coefficient (Wildman–Crippen LogP) is 2.51. The number of nitrogens with zero attached hydrogens (tertiary/aromatic N) is 1. The highest BCUT2D eigenvalue weighted by atomic mass is 32.2. The van der Waals surface area contributed by atoms with Crippen LogP contribution in [0.2, 0.25) is 0 Å². The Bertz CT molecular complexity index is 1210. The maximum Gasteiger partial charge on any atom is 0.338 e. The van der Waals surface area contributed by atoms with E-state index in [1.807, 2.05) is 0 Å². The maximum atomic E-state index is 12.4. The molecular weight excluding hydrogens is 446 g/mol. The van der Waals surface area contributed by atoms with Gasteiger partial charge in [0.25, 0.3) is 11.5 Å². The van der Waals surface area contributed by atoms with Crippen molar-refractivity contribution >= 4 is 46.7 Å². The normalized spacial score (nSPS) is 10.3. The molecule has 0 spiro atoms. The zero-order valence-electron chi connectivity index (χ0n) is 17.6. The fourth-order valence-corrected chi connectivity index (χ4v) is 3.34. The summed E-state index contributed by atoms with van der Waals surface area (Å²) in [5.41, 5.74) is 6.27. The molecule has 0 aliphatic heterocycles. The Balaban J connectivity index is 1.58. The molecular formula is C22H21N5O5S. The number of amides is 2. The van der Waals surface area contributed by atoms with Gasteiger partial charge in [0.15, 0.2) is 11.0 Å². The van der Waals surface area contributed by atoms with Crippen molar-refractivity contribution in [1.82, 2.24) is 9.97 Å². The van der Waals surface area contributed by atoms with Crippen molar-refractivity contribution in [3.63, 3.8) is 0 Å². The minimum atomic E-state index is -0.635. The molecule has 170 valence electrons. The molecule has 11 heteroatoms. The van der Waals surface area contributed by atoms with Gasteiger partial charge in [-0.15, -0.1) is 0 Å². The molecule has 0 saturated heterocycles. The Morgan fingerprint density at radius 1 is 1.03 bits per heavy atom. The number of thioether (sulfide) groups is 1. The maximum absolute atomic E-state index is 12.4. The van der Waals surface area contributed by atoms with Crippen molar-refractivity contribution in [3.05, 3.63) is 76.1 Å². The number of carbonyl (C=O) groups is 3.